The minimum atomic E-state index is -0.223. The maximum atomic E-state index is 12.8. The lowest BCUT2D eigenvalue weighted by atomic mass is 9.75. The minimum absolute atomic E-state index is 0.0466. The van der Waals surface area contributed by atoms with E-state index in [0.29, 0.717) is 19.0 Å². The van der Waals surface area contributed by atoms with Gasteiger partial charge in [0.05, 0.1) is 5.41 Å². The highest BCUT2D eigenvalue weighted by Crippen LogP contribution is 2.35. The van der Waals surface area contributed by atoms with Crippen molar-refractivity contribution in [3.63, 3.8) is 0 Å². The van der Waals surface area contributed by atoms with Crippen molar-refractivity contribution in [2.75, 3.05) is 26.2 Å². The molecule has 0 aliphatic carbocycles. The lowest BCUT2D eigenvalue weighted by Gasteiger charge is -2.41. The van der Waals surface area contributed by atoms with Crippen LogP contribution in [0.3, 0.4) is 0 Å². The van der Waals surface area contributed by atoms with Crippen molar-refractivity contribution in [1.29, 1.82) is 0 Å². The maximum Gasteiger partial charge on any atom is 0.228 e. The number of likely N-dealkylation sites (tertiary alicyclic amines) is 1. The Balaban J connectivity index is 1.98. The first-order valence-electron chi connectivity index (χ1n) is 7.38. The predicted molar refractivity (Wildman–Crippen MR) is 73.3 cm³/mol. The largest absolute Gasteiger partial charge is 0.369 e. The maximum absolute atomic E-state index is 12.8. The summed E-state index contributed by atoms with van der Waals surface area (Å²) in [5, 5.41) is 3.32. The van der Waals surface area contributed by atoms with Crippen molar-refractivity contribution in [1.82, 2.24) is 10.2 Å². The number of piperidine rings is 2. The molecule has 2 aliphatic heterocycles. The highest BCUT2D eigenvalue weighted by molar-refractivity contribution is 5.83. The number of nitrogens with two attached hydrogens (primary N) is 1. The Morgan fingerprint density at radius 1 is 1.26 bits per heavy atom. The van der Waals surface area contributed by atoms with Crippen LogP contribution in [-0.2, 0) is 9.59 Å². The highest BCUT2D eigenvalue weighted by Gasteiger charge is 2.41. The number of carbonyl (C=O) groups is 2. The van der Waals surface area contributed by atoms with Crippen LogP contribution in [0.2, 0.25) is 0 Å². The molecule has 0 aromatic rings. The van der Waals surface area contributed by atoms with Crippen LogP contribution in [-0.4, -0.2) is 42.9 Å². The number of hydrogen-bond donors (Lipinski definition) is 2. The summed E-state index contributed by atoms with van der Waals surface area (Å²) < 4.78 is 0. The van der Waals surface area contributed by atoms with Crippen LogP contribution < -0.4 is 11.1 Å². The fourth-order valence-electron chi connectivity index (χ4n) is 3.33. The van der Waals surface area contributed by atoms with Crippen LogP contribution in [0.15, 0.2) is 0 Å². The van der Waals surface area contributed by atoms with Gasteiger partial charge in [0.2, 0.25) is 11.8 Å². The van der Waals surface area contributed by atoms with Gasteiger partial charge < -0.3 is 16.0 Å². The first-order valence-corrected chi connectivity index (χ1v) is 7.38. The number of amides is 2. The van der Waals surface area contributed by atoms with Crippen LogP contribution in [0.25, 0.3) is 0 Å². The van der Waals surface area contributed by atoms with Crippen LogP contribution in [0.5, 0.6) is 0 Å². The molecule has 0 bridgehead atoms. The molecule has 5 heteroatoms. The molecule has 19 heavy (non-hydrogen) atoms. The van der Waals surface area contributed by atoms with Crippen molar-refractivity contribution < 1.29 is 9.59 Å². The quantitative estimate of drug-likeness (QED) is 0.781. The molecule has 2 aliphatic rings. The van der Waals surface area contributed by atoms with Crippen molar-refractivity contribution in [3.8, 4) is 0 Å². The molecule has 2 saturated heterocycles. The summed E-state index contributed by atoms with van der Waals surface area (Å²) in [6.07, 6.45) is 4.21. The number of primary amides is 1. The van der Waals surface area contributed by atoms with Crippen LogP contribution in [0.4, 0.5) is 0 Å². The molecule has 0 radical (unpaired) electrons. The van der Waals surface area contributed by atoms with E-state index in [1.165, 1.54) is 0 Å². The summed E-state index contributed by atoms with van der Waals surface area (Å²) in [4.78, 5) is 25.9. The molecular formula is C14H25N3O2. The topological polar surface area (TPSA) is 75.4 Å². The Morgan fingerprint density at radius 2 is 1.84 bits per heavy atom. The van der Waals surface area contributed by atoms with Gasteiger partial charge in [-0.1, -0.05) is 6.92 Å². The van der Waals surface area contributed by atoms with Crippen LogP contribution >= 0.6 is 0 Å². The van der Waals surface area contributed by atoms with Gasteiger partial charge >= 0.3 is 0 Å². The van der Waals surface area contributed by atoms with Gasteiger partial charge in [0.15, 0.2) is 0 Å². The van der Waals surface area contributed by atoms with Crippen molar-refractivity contribution in [2.45, 2.75) is 39.0 Å². The molecule has 2 fully saturated rings. The zero-order valence-electron chi connectivity index (χ0n) is 11.8. The summed E-state index contributed by atoms with van der Waals surface area (Å²) >= 11 is 0. The van der Waals surface area contributed by atoms with E-state index in [4.69, 9.17) is 5.73 Å². The molecule has 0 unspecified atom stereocenters. The number of hydrogen-bond acceptors (Lipinski definition) is 3. The third-order valence-corrected chi connectivity index (χ3v) is 4.88. The molecule has 2 amide bonds. The van der Waals surface area contributed by atoms with E-state index in [0.717, 1.165) is 45.2 Å². The summed E-state index contributed by atoms with van der Waals surface area (Å²) in [5.41, 5.74) is 5.16. The van der Waals surface area contributed by atoms with Gasteiger partial charge in [0.25, 0.3) is 0 Å². The van der Waals surface area contributed by atoms with Gasteiger partial charge in [0.1, 0.15) is 0 Å². The molecule has 0 aromatic carbocycles. The zero-order valence-corrected chi connectivity index (χ0v) is 11.8. The van der Waals surface area contributed by atoms with Gasteiger partial charge in [-0.15, -0.1) is 0 Å². The lowest BCUT2D eigenvalue weighted by Crippen LogP contribution is -2.51. The monoisotopic (exact) mass is 267 g/mol. The third kappa shape index (κ3) is 2.91. The Morgan fingerprint density at radius 3 is 2.32 bits per heavy atom. The minimum Gasteiger partial charge on any atom is -0.369 e. The normalized spacial score (nSPS) is 24.2. The predicted octanol–water partition coefficient (Wildman–Crippen LogP) is 0.490. The molecule has 108 valence electrons. The Kier molecular flexibility index (Phi) is 4.45. The standard InChI is InChI=1S/C14H25N3O2/c1-2-14(5-7-16-8-6-14)13(19)17-9-3-11(4-10-17)12(15)18/h11,16H,2-10H2,1H3,(H2,15,18). The van der Waals surface area contributed by atoms with Crippen molar-refractivity contribution in [3.05, 3.63) is 0 Å². The van der Waals surface area contributed by atoms with Crippen LogP contribution in [0.1, 0.15) is 39.0 Å². The molecule has 0 aromatic heterocycles. The molecule has 3 N–H and O–H groups in total. The van der Waals surface area contributed by atoms with E-state index >= 15 is 0 Å². The fourth-order valence-corrected chi connectivity index (χ4v) is 3.33. The first-order chi connectivity index (χ1) is 9.09. The van der Waals surface area contributed by atoms with Crippen LogP contribution in [0, 0.1) is 11.3 Å². The van der Waals surface area contributed by atoms with E-state index in [9.17, 15) is 9.59 Å². The van der Waals surface area contributed by atoms with Gasteiger partial charge in [0, 0.05) is 19.0 Å². The second-order valence-electron chi connectivity index (χ2n) is 5.85. The second kappa shape index (κ2) is 5.90. The zero-order chi connectivity index (χ0) is 13.9. The van der Waals surface area contributed by atoms with Gasteiger partial charge in [-0.3, -0.25) is 9.59 Å². The SMILES string of the molecule is CCC1(C(=O)N2CCC(C(N)=O)CC2)CCNCC1. The summed E-state index contributed by atoms with van der Waals surface area (Å²) in [6.45, 7) is 5.33. The molecule has 0 atom stereocenters. The average molecular weight is 267 g/mol. The molecule has 0 saturated carbocycles. The van der Waals surface area contributed by atoms with Gasteiger partial charge in [-0.05, 0) is 45.2 Å². The average Bonchev–Trinajstić information content (AvgIpc) is 2.47. The Bertz CT molecular complexity index is 343. The van der Waals surface area contributed by atoms with E-state index in [1.54, 1.807) is 0 Å². The summed E-state index contributed by atoms with van der Waals surface area (Å²) in [6, 6.07) is 0. The molecular weight excluding hydrogens is 242 g/mol. The van der Waals surface area contributed by atoms with Crippen molar-refractivity contribution >= 4 is 11.8 Å². The van der Waals surface area contributed by atoms with Gasteiger partial charge in [-0.25, -0.2) is 0 Å². The van der Waals surface area contributed by atoms with E-state index in [2.05, 4.69) is 12.2 Å². The Hall–Kier alpha value is -1.10. The van der Waals surface area contributed by atoms with Gasteiger partial charge in [-0.2, -0.15) is 0 Å². The first kappa shape index (κ1) is 14.3. The summed E-state index contributed by atoms with van der Waals surface area (Å²) in [7, 11) is 0. The number of carbonyl (C=O) groups excluding carboxylic acids is 2. The van der Waals surface area contributed by atoms with E-state index < -0.39 is 0 Å². The molecule has 2 rings (SSSR count). The molecule has 0 spiro atoms. The number of rotatable bonds is 3. The van der Waals surface area contributed by atoms with Crippen molar-refractivity contribution in [2.24, 2.45) is 17.1 Å². The molecule has 2 heterocycles. The third-order valence-electron chi connectivity index (χ3n) is 4.88. The smallest absolute Gasteiger partial charge is 0.228 e. The lowest BCUT2D eigenvalue weighted by molar-refractivity contribution is -0.146. The molecule has 5 nitrogen and oxygen atoms in total. The van der Waals surface area contributed by atoms with E-state index in [-0.39, 0.29) is 17.2 Å². The van der Waals surface area contributed by atoms with E-state index in [1.807, 2.05) is 4.90 Å². The Labute approximate surface area is 114 Å². The number of nitrogens with zero attached hydrogens (tertiary/aromatic N) is 1. The second-order valence-corrected chi connectivity index (χ2v) is 5.85. The number of nitrogens with one attached hydrogen (secondary N) is 1. The fraction of sp³-hybridized carbons (Fsp3) is 0.857. The summed E-state index contributed by atoms with van der Waals surface area (Å²) in [5.74, 6) is 0.0215. The highest BCUT2D eigenvalue weighted by atomic mass is 16.2.